The summed E-state index contributed by atoms with van der Waals surface area (Å²) in [5.41, 5.74) is 2.33. The second kappa shape index (κ2) is 13.5. The van der Waals surface area contributed by atoms with Gasteiger partial charge < -0.3 is 10.1 Å². The Hall–Kier alpha value is -1.84. The molecular weight excluding hydrogens is 429 g/mol. The maximum Gasteiger partial charge on any atom is 0.220 e. The van der Waals surface area contributed by atoms with E-state index >= 15 is 0 Å². The second-order valence-corrected chi connectivity index (χ2v) is 9.19. The van der Waals surface area contributed by atoms with Gasteiger partial charge in [0.15, 0.2) is 0 Å². The van der Waals surface area contributed by atoms with Crippen LogP contribution >= 0.6 is 23.2 Å². The number of Topliss-reactive ketones (excluding diaryl/α,β-unsaturated/α-hetero) is 1. The van der Waals surface area contributed by atoms with Crippen molar-refractivity contribution in [3.63, 3.8) is 0 Å². The topological polar surface area (TPSA) is 46.2 Å². The Morgan fingerprint density at radius 3 is 1.90 bits per heavy atom. The van der Waals surface area contributed by atoms with Gasteiger partial charge in [0.1, 0.15) is 5.78 Å². The molecule has 0 bridgehead atoms. The highest BCUT2D eigenvalue weighted by Gasteiger charge is 2.21. The van der Waals surface area contributed by atoms with E-state index in [9.17, 15) is 9.59 Å². The number of carbonyl (C=O) groups excluding carboxylic acids is 2. The third-order valence-electron chi connectivity index (χ3n) is 5.59. The van der Waals surface area contributed by atoms with Crippen molar-refractivity contribution in [2.24, 2.45) is 0 Å². The molecule has 31 heavy (non-hydrogen) atoms. The Balaban J connectivity index is 1.88. The fourth-order valence-corrected chi connectivity index (χ4v) is 4.04. The van der Waals surface area contributed by atoms with Crippen LogP contribution in [0.15, 0.2) is 48.5 Å². The Morgan fingerprint density at radius 2 is 1.32 bits per heavy atom. The van der Waals surface area contributed by atoms with Crippen LogP contribution in [0.4, 0.5) is 0 Å². The largest absolute Gasteiger partial charge is 0.353 e. The molecule has 0 aliphatic rings. The first-order valence-corrected chi connectivity index (χ1v) is 11.9. The summed E-state index contributed by atoms with van der Waals surface area (Å²) >= 11 is 12.1. The molecule has 0 heterocycles. The number of carbonyl (C=O) groups is 2. The minimum atomic E-state index is -0.0140. The molecule has 2 atom stereocenters. The van der Waals surface area contributed by atoms with Gasteiger partial charge in [-0.1, -0.05) is 66.7 Å². The van der Waals surface area contributed by atoms with Crippen LogP contribution in [-0.2, 0) is 16.0 Å². The van der Waals surface area contributed by atoms with Crippen molar-refractivity contribution >= 4 is 34.9 Å². The van der Waals surface area contributed by atoms with Crippen LogP contribution in [0.1, 0.15) is 75.8 Å². The van der Waals surface area contributed by atoms with E-state index in [-0.39, 0.29) is 23.7 Å². The third-order valence-corrected chi connectivity index (χ3v) is 6.10. The zero-order chi connectivity index (χ0) is 22.6. The number of amides is 1. The van der Waals surface area contributed by atoms with Crippen molar-refractivity contribution in [2.45, 2.75) is 77.2 Å². The van der Waals surface area contributed by atoms with E-state index in [1.54, 1.807) is 6.92 Å². The lowest BCUT2D eigenvalue weighted by atomic mass is 9.86. The average molecular weight is 462 g/mol. The number of hydrogen-bond acceptors (Lipinski definition) is 2. The van der Waals surface area contributed by atoms with Gasteiger partial charge >= 0.3 is 0 Å². The average Bonchev–Trinajstić information content (AvgIpc) is 2.73. The van der Waals surface area contributed by atoms with Gasteiger partial charge in [-0.3, -0.25) is 4.79 Å². The van der Waals surface area contributed by atoms with Gasteiger partial charge in [-0.25, -0.2) is 0 Å². The molecule has 0 unspecified atom stereocenters. The number of nitrogens with one attached hydrogen (secondary N) is 1. The Morgan fingerprint density at radius 1 is 0.806 bits per heavy atom. The summed E-state index contributed by atoms with van der Waals surface area (Å²) in [5.74, 6) is 0.475. The lowest BCUT2D eigenvalue weighted by molar-refractivity contribution is -0.122. The highest BCUT2D eigenvalue weighted by Crippen LogP contribution is 2.27. The molecule has 0 radical (unpaired) electrons. The van der Waals surface area contributed by atoms with E-state index in [1.165, 1.54) is 5.56 Å². The van der Waals surface area contributed by atoms with Gasteiger partial charge in [-0.2, -0.15) is 0 Å². The molecule has 5 heteroatoms. The maximum absolute atomic E-state index is 12.5. The molecule has 0 spiro atoms. The van der Waals surface area contributed by atoms with Crippen LogP contribution in [0.3, 0.4) is 0 Å². The fourth-order valence-electron chi connectivity index (χ4n) is 3.78. The lowest BCUT2D eigenvalue weighted by Crippen LogP contribution is -2.37. The molecule has 168 valence electrons. The second-order valence-electron chi connectivity index (χ2n) is 8.31. The van der Waals surface area contributed by atoms with Crippen molar-refractivity contribution in [2.75, 3.05) is 0 Å². The van der Waals surface area contributed by atoms with Gasteiger partial charge in [0, 0.05) is 34.8 Å². The smallest absolute Gasteiger partial charge is 0.220 e. The van der Waals surface area contributed by atoms with Crippen LogP contribution < -0.4 is 5.32 Å². The summed E-state index contributed by atoms with van der Waals surface area (Å²) in [6.07, 6.45) is 6.97. The van der Waals surface area contributed by atoms with Crippen LogP contribution in [0.2, 0.25) is 10.0 Å². The van der Waals surface area contributed by atoms with Gasteiger partial charge in [0.25, 0.3) is 0 Å². The third kappa shape index (κ3) is 9.88. The molecule has 0 fully saturated rings. The molecule has 0 saturated heterocycles. The van der Waals surface area contributed by atoms with Crippen LogP contribution in [0.5, 0.6) is 0 Å². The number of hydrogen-bond donors (Lipinski definition) is 1. The monoisotopic (exact) mass is 461 g/mol. The quantitative estimate of drug-likeness (QED) is 0.322. The van der Waals surface area contributed by atoms with Crippen LogP contribution in [-0.4, -0.2) is 17.7 Å². The molecule has 1 N–H and O–H groups in total. The highest BCUT2D eigenvalue weighted by atomic mass is 35.5. The molecule has 0 aliphatic carbocycles. The highest BCUT2D eigenvalue weighted by molar-refractivity contribution is 6.30. The van der Waals surface area contributed by atoms with Gasteiger partial charge in [0.05, 0.1) is 0 Å². The number of halogens is 2. The Kier molecular flexibility index (Phi) is 11.1. The predicted octanol–water partition coefficient (Wildman–Crippen LogP) is 7.14. The first-order chi connectivity index (χ1) is 14.8. The van der Waals surface area contributed by atoms with Gasteiger partial charge in [-0.15, -0.1) is 0 Å². The lowest BCUT2D eigenvalue weighted by Gasteiger charge is -2.26. The zero-order valence-electron chi connectivity index (χ0n) is 18.5. The van der Waals surface area contributed by atoms with Crippen LogP contribution in [0.25, 0.3) is 0 Å². The Labute approximate surface area is 196 Å². The standard InChI is InChI=1S/C26H33Cl2NO2/c1-19(30)8-6-4-3-5-7-9-26(31)29-20(2)25(22-12-16-24(28)17-13-22)18-21-10-14-23(27)15-11-21/h10-17,20,25H,3-9,18H2,1-2H3,(H,29,31)/t20-,25+/m1/s1. The summed E-state index contributed by atoms with van der Waals surface area (Å²) < 4.78 is 0. The maximum atomic E-state index is 12.5. The number of benzene rings is 2. The minimum Gasteiger partial charge on any atom is -0.353 e. The summed E-state index contributed by atoms with van der Waals surface area (Å²) in [4.78, 5) is 23.5. The molecule has 2 rings (SSSR count). The van der Waals surface area contributed by atoms with Crippen molar-refractivity contribution in [3.8, 4) is 0 Å². The van der Waals surface area contributed by atoms with Crippen molar-refractivity contribution < 1.29 is 9.59 Å². The van der Waals surface area contributed by atoms with Gasteiger partial charge in [-0.05, 0) is 68.5 Å². The van der Waals surface area contributed by atoms with Crippen LogP contribution in [0, 0.1) is 0 Å². The Bertz CT molecular complexity index is 818. The normalized spacial score (nSPS) is 12.9. The van der Waals surface area contributed by atoms with E-state index in [0.29, 0.717) is 17.9 Å². The molecular formula is C26H33Cl2NO2. The van der Waals surface area contributed by atoms with E-state index in [0.717, 1.165) is 49.1 Å². The molecule has 0 aliphatic heterocycles. The van der Waals surface area contributed by atoms with Crippen molar-refractivity contribution in [3.05, 3.63) is 69.7 Å². The van der Waals surface area contributed by atoms with E-state index in [1.807, 2.05) is 48.5 Å². The molecule has 1 amide bonds. The minimum absolute atomic E-state index is 0.0140. The number of rotatable bonds is 13. The number of ketones is 1. The summed E-state index contributed by atoms with van der Waals surface area (Å²) in [6.45, 7) is 3.70. The van der Waals surface area contributed by atoms with E-state index in [4.69, 9.17) is 23.2 Å². The predicted molar refractivity (Wildman–Crippen MR) is 130 cm³/mol. The zero-order valence-corrected chi connectivity index (χ0v) is 20.0. The summed E-state index contributed by atoms with van der Waals surface area (Å²) in [7, 11) is 0. The summed E-state index contributed by atoms with van der Waals surface area (Å²) in [5, 5.41) is 4.62. The first kappa shape index (κ1) is 25.4. The first-order valence-electron chi connectivity index (χ1n) is 11.1. The number of unbranched alkanes of at least 4 members (excludes halogenated alkanes) is 4. The molecule has 2 aromatic carbocycles. The van der Waals surface area contributed by atoms with E-state index in [2.05, 4.69) is 12.2 Å². The molecule has 3 nitrogen and oxygen atoms in total. The molecule has 0 saturated carbocycles. The summed E-state index contributed by atoms with van der Waals surface area (Å²) in [6, 6.07) is 15.7. The fraction of sp³-hybridized carbons (Fsp3) is 0.462. The molecule has 0 aromatic heterocycles. The van der Waals surface area contributed by atoms with Crippen molar-refractivity contribution in [1.82, 2.24) is 5.32 Å². The van der Waals surface area contributed by atoms with E-state index < -0.39 is 0 Å². The van der Waals surface area contributed by atoms with Crippen molar-refractivity contribution in [1.29, 1.82) is 0 Å². The SMILES string of the molecule is CC(=O)CCCCCCCC(=O)N[C@H](C)[C@H](Cc1ccc(Cl)cc1)c1ccc(Cl)cc1. The van der Waals surface area contributed by atoms with Gasteiger partial charge in [0.2, 0.25) is 5.91 Å². The molecule has 2 aromatic rings.